The van der Waals surface area contributed by atoms with E-state index in [2.05, 4.69) is 191 Å². The van der Waals surface area contributed by atoms with Gasteiger partial charge in [0.1, 0.15) is 6.10 Å². The van der Waals surface area contributed by atoms with Gasteiger partial charge in [0, 0.05) is 63.6 Å². The monoisotopic (exact) mass is 934 g/mol. The van der Waals surface area contributed by atoms with Crippen molar-refractivity contribution in [3.63, 3.8) is 0 Å². The third kappa shape index (κ3) is 119. The summed E-state index contributed by atoms with van der Waals surface area (Å²) in [5.74, 6) is 1.53. The molecule has 0 fully saturated rings. The second-order valence-electron chi connectivity index (χ2n) is 22.2. The van der Waals surface area contributed by atoms with Gasteiger partial charge in [-0.25, -0.2) is 5.43 Å². The van der Waals surface area contributed by atoms with Gasteiger partial charge < -0.3 is 15.6 Å². The lowest BCUT2D eigenvalue weighted by atomic mass is 9.88. The van der Waals surface area contributed by atoms with Crippen LogP contribution in [-0.4, -0.2) is 83.7 Å². The van der Waals surface area contributed by atoms with Crippen molar-refractivity contribution >= 4 is 34.3 Å². The Kier molecular flexibility index (Phi) is 58.0. The fourth-order valence-corrected chi connectivity index (χ4v) is 2.98. The maximum atomic E-state index is 4.89. The Morgan fingerprint density at radius 3 is 1.05 bits per heavy atom. The molecule has 0 aromatic carbocycles. The number of hydrazine groups is 1. The summed E-state index contributed by atoms with van der Waals surface area (Å²) in [4.78, 5) is 26.1. The molecule has 394 valence electrons. The van der Waals surface area contributed by atoms with Gasteiger partial charge in [0.05, 0.1) is 25.3 Å². The van der Waals surface area contributed by atoms with Gasteiger partial charge in [0.25, 0.3) is 0 Å². The van der Waals surface area contributed by atoms with E-state index in [4.69, 9.17) is 4.84 Å². The highest BCUT2D eigenvalue weighted by Gasteiger charge is 2.13. The van der Waals surface area contributed by atoms with Crippen LogP contribution in [0.2, 0.25) is 0 Å². The highest BCUT2D eigenvalue weighted by atomic mass is 16.6. The Balaban J connectivity index is -0.000000100. The largest absolute Gasteiger partial charge is 0.393 e. The first-order valence-electron chi connectivity index (χ1n) is 24.4. The maximum absolute atomic E-state index is 4.89. The zero-order chi connectivity index (χ0) is 54.6. The summed E-state index contributed by atoms with van der Waals surface area (Å²) >= 11 is 0. The van der Waals surface area contributed by atoms with Crippen LogP contribution in [0.1, 0.15) is 228 Å². The average molecular weight is 935 g/mol. The molecule has 0 aromatic rings. The molecule has 0 radical (unpaired) electrons. The standard InChI is InChI=1S/C10H21N3.C10H20N2.C10H19N.C7H15N.C6H13NO.C6H13N.C4H10.C3H8/c1-8(2)11-7-9(3)12-13-10(4,5)6;1-8(2)11-7-9(3)12-10(4,5)6;1-8(2)11-7-9(3)10(4,5)6;1-6(2)5-8-7(3)4;1-5(2)7-8-6(3)4;1-5(2)7-6(3)4;1-4(2)3;1-3-2/h12-13H,3,7H2,1-2,4-6H3;12H,3,7H2,1-2,4-6H3;3,7H2,1-2,4-6H3;6H,5H2,1-4H3;6H,1-4H3;5H,1-4H3;4H,1-3H3;3H2,1-2H3. The van der Waals surface area contributed by atoms with Crippen LogP contribution in [0.15, 0.2) is 66.8 Å². The molecule has 0 atom stereocenters. The highest BCUT2D eigenvalue weighted by Crippen LogP contribution is 2.23. The number of nitrogens with one attached hydrogen (secondary N) is 3. The van der Waals surface area contributed by atoms with E-state index in [0.29, 0.717) is 25.0 Å². The second-order valence-corrected chi connectivity index (χ2v) is 22.2. The van der Waals surface area contributed by atoms with Crippen LogP contribution in [0.25, 0.3) is 0 Å². The molecule has 0 saturated carbocycles. The van der Waals surface area contributed by atoms with E-state index in [1.54, 1.807) is 0 Å². The molecule has 0 saturated heterocycles. The third-order valence-corrected chi connectivity index (χ3v) is 5.72. The molecule has 66 heavy (non-hydrogen) atoms. The normalized spacial score (nSPS) is 10.0. The van der Waals surface area contributed by atoms with Crippen molar-refractivity contribution in [3.05, 3.63) is 36.7 Å². The van der Waals surface area contributed by atoms with E-state index in [1.807, 2.05) is 96.9 Å². The lowest BCUT2D eigenvalue weighted by Crippen LogP contribution is -2.45. The topological polar surface area (TPSA) is 119 Å². The molecule has 10 nitrogen and oxygen atoms in total. The molecule has 0 rings (SSSR count). The number of hydrogen-bond donors (Lipinski definition) is 3. The van der Waals surface area contributed by atoms with Crippen molar-refractivity contribution in [3.8, 4) is 0 Å². The van der Waals surface area contributed by atoms with E-state index < -0.39 is 0 Å². The number of oxime groups is 1. The minimum atomic E-state index is 0.0495. The zero-order valence-electron chi connectivity index (χ0n) is 50.6. The van der Waals surface area contributed by atoms with E-state index >= 15 is 0 Å². The van der Waals surface area contributed by atoms with Crippen molar-refractivity contribution < 1.29 is 4.84 Å². The minimum Gasteiger partial charge on any atom is -0.393 e. The predicted molar refractivity (Wildman–Crippen MR) is 311 cm³/mol. The van der Waals surface area contributed by atoms with Gasteiger partial charge in [-0.3, -0.25) is 25.0 Å². The summed E-state index contributed by atoms with van der Waals surface area (Å²) in [6.45, 7) is 80.9. The number of aliphatic imine (C=N–C) groups is 5. The minimum absolute atomic E-state index is 0.0495. The van der Waals surface area contributed by atoms with E-state index in [1.165, 1.54) is 17.7 Å². The predicted octanol–water partition coefficient (Wildman–Crippen LogP) is 16.2. The third-order valence-electron chi connectivity index (χ3n) is 5.72. The summed E-state index contributed by atoms with van der Waals surface area (Å²) < 4.78 is 0. The summed E-state index contributed by atoms with van der Waals surface area (Å²) in [5.41, 5.74) is 16.1. The summed E-state index contributed by atoms with van der Waals surface area (Å²) in [5, 5.41) is 7.01. The SMILES string of the molecule is C=C(CN=C(C)C)C(C)(C)C.C=C(CN=C(C)C)NC(C)(C)C.C=C(CN=C(C)C)NNC(C)(C)C.CC(C)=NC(C)C.CC(C)=NCC(C)C.CC(C)=NOC(C)C.CC(C)C.CCC. The first-order valence-corrected chi connectivity index (χ1v) is 24.4. The maximum Gasteiger partial charge on any atom is 0.122 e. The average Bonchev–Trinajstić information content (AvgIpc) is 3.09. The molecular weight excluding hydrogens is 815 g/mol. The van der Waals surface area contributed by atoms with Crippen molar-refractivity contribution in [1.29, 1.82) is 0 Å². The lowest BCUT2D eigenvalue weighted by Gasteiger charge is -2.22. The Hall–Kier alpha value is -3.40. The van der Waals surface area contributed by atoms with Crippen molar-refractivity contribution in [1.82, 2.24) is 16.2 Å². The van der Waals surface area contributed by atoms with Crippen LogP contribution in [-0.2, 0) is 4.84 Å². The first-order chi connectivity index (χ1) is 29.5. The van der Waals surface area contributed by atoms with Crippen LogP contribution < -0.4 is 16.2 Å². The zero-order valence-corrected chi connectivity index (χ0v) is 50.6. The molecule has 0 bridgehead atoms. The van der Waals surface area contributed by atoms with Crippen molar-refractivity contribution in [2.24, 2.45) is 47.4 Å². The molecule has 0 aliphatic rings. The Bertz CT molecular complexity index is 1320. The van der Waals surface area contributed by atoms with Crippen LogP contribution in [0, 0.1) is 17.3 Å². The lowest BCUT2D eigenvalue weighted by molar-refractivity contribution is 0.0857. The van der Waals surface area contributed by atoms with Gasteiger partial charge in [-0.2, -0.15) is 0 Å². The summed E-state index contributed by atoms with van der Waals surface area (Å²) in [6, 6.07) is 0.463. The van der Waals surface area contributed by atoms with Crippen LogP contribution >= 0.6 is 0 Å². The fourth-order valence-electron chi connectivity index (χ4n) is 2.98. The molecule has 0 aliphatic carbocycles. The molecule has 0 spiro atoms. The van der Waals surface area contributed by atoms with Crippen LogP contribution in [0.5, 0.6) is 0 Å². The Labute approximate surface area is 415 Å². The van der Waals surface area contributed by atoms with Crippen molar-refractivity contribution in [2.75, 3.05) is 26.2 Å². The molecule has 0 heterocycles. The number of nitrogens with zero attached hydrogens (tertiary/aromatic N) is 6. The van der Waals surface area contributed by atoms with E-state index in [9.17, 15) is 0 Å². The number of rotatable bonds is 14. The second kappa shape index (κ2) is 48.1. The van der Waals surface area contributed by atoms with Crippen LogP contribution in [0.3, 0.4) is 0 Å². The van der Waals surface area contributed by atoms with Gasteiger partial charge in [0.15, 0.2) is 0 Å². The molecule has 0 amide bonds. The fraction of sp³-hybridized carbons (Fsp3) is 0.786. The van der Waals surface area contributed by atoms with E-state index in [-0.39, 0.29) is 22.6 Å². The van der Waals surface area contributed by atoms with Gasteiger partial charge >= 0.3 is 0 Å². The molecular formula is C56H119N9O. The Morgan fingerprint density at radius 1 is 0.500 bits per heavy atom. The van der Waals surface area contributed by atoms with Gasteiger partial charge in [-0.1, -0.05) is 106 Å². The van der Waals surface area contributed by atoms with Gasteiger partial charge in [0.2, 0.25) is 0 Å². The van der Waals surface area contributed by atoms with Gasteiger partial charge in [-0.15, -0.1) is 0 Å². The highest BCUT2D eigenvalue weighted by molar-refractivity contribution is 5.80. The molecule has 3 N–H and O–H groups in total. The number of hydrogen-bond acceptors (Lipinski definition) is 10. The van der Waals surface area contributed by atoms with Crippen LogP contribution in [0.4, 0.5) is 0 Å². The molecule has 0 aromatic heterocycles. The smallest absolute Gasteiger partial charge is 0.122 e. The van der Waals surface area contributed by atoms with Gasteiger partial charge in [-0.05, 0) is 170 Å². The molecule has 0 unspecified atom stereocenters. The quantitative estimate of drug-likeness (QED) is 0.0913. The summed E-state index contributed by atoms with van der Waals surface area (Å²) in [7, 11) is 0. The van der Waals surface area contributed by atoms with Crippen molar-refractivity contribution in [2.45, 2.75) is 251 Å². The molecule has 10 heteroatoms. The first kappa shape index (κ1) is 79.7. The molecule has 0 aliphatic heterocycles. The van der Waals surface area contributed by atoms with E-state index in [0.717, 1.165) is 59.0 Å². The Morgan fingerprint density at radius 2 is 0.848 bits per heavy atom. The summed E-state index contributed by atoms with van der Waals surface area (Å²) in [6.07, 6.45) is 1.45.